The fourth-order valence-electron chi connectivity index (χ4n) is 3.33. The number of aromatic carboxylic acids is 1. The third-order valence-electron chi connectivity index (χ3n) is 4.77. The van der Waals surface area contributed by atoms with Gasteiger partial charge in [0, 0.05) is 18.8 Å². The normalized spacial score (nSPS) is 18.4. The van der Waals surface area contributed by atoms with Gasteiger partial charge in [0.15, 0.2) is 0 Å². The number of likely N-dealkylation sites (tertiary alicyclic amines) is 1. The van der Waals surface area contributed by atoms with Crippen LogP contribution in [0.4, 0.5) is 4.39 Å². The van der Waals surface area contributed by atoms with Crippen LogP contribution in [-0.2, 0) is 6.54 Å². The molecule has 0 unspecified atom stereocenters. The lowest BCUT2D eigenvalue weighted by molar-refractivity contribution is 0.0695. The first-order valence-corrected chi connectivity index (χ1v) is 8.24. The zero-order valence-corrected chi connectivity index (χ0v) is 13.2. The lowest BCUT2D eigenvalue weighted by Crippen LogP contribution is -2.23. The number of fused-ring (bicyclic) bond motifs is 1. The Kier molecular flexibility index (Phi) is 3.60. The molecule has 6 nitrogen and oxygen atoms in total. The van der Waals surface area contributed by atoms with Gasteiger partial charge in [-0.25, -0.2) is 14.2 Å². The maximum absolute atomic E-state index is 14.4. The molecule has 2 aliphatic rings. The van der Waals surface area contributed by atoms with Crippen molar-refractivity contribution in [2.24, 2.45) is 0 Å². The molecule has 0 amide bonds. The molecule has 2 aromatic heterocycles. The van der Waals surface area contributed by atoms with Gasteiger partial charge >= 0.3 is 5.97 Å². The molecular weight excluding hydrogens is 313 g/mol. The molecule has 1 saturated carbocycles. The topological polar surface area (TPSA) is 75.4 Å². The maximum Gasteiger partial charge on any atom is 0.341 e. The molecule has 1 aliphatic carbocycles. The second-order valence-corrected chi connectivity index (χ2v) is 6.59. The van der Waals surface area contributed by atoms with E-state index >= 15 is 0 Å². The molecule has 1 N–H and O–H groups in total. The van der Waals surface area contributed by atoms with Crippen molar-refractivity contribution in [3.05, 3.63) is 39.6 Å². The molecule has 0 aromatic carbocycles. The van der Waals surface area contributed by atoms with Crippen LogP contribution in [0.25, 0.3) is 11.0 Å². The van der Waals surface area contributed by atoms with Crippen molar-refractivity contribution in [2.45, 2.75) is 38.3 Å². The van der Waals surface area contributed by atoms with Crippen molar-refractivity contribution in [3.8, 4) is 0 Å². The minimum Gasteiger partial charge on any atom is -0.477 e. The van der Waals surface area contributed by atoms with Gasteiger partial charge in [-0.05, 0) is 44.8 Å². The molecule has 0 atom stereocenters. The number of hydrogen-bond donors (Lipinski definition) is 1. The monoisotopic (exact) mass is 331 g/mol. The number of halogens is 1. The summed E-state index contributed by atoms with van der Waals surface area (Å²) in [5.41, 5.74) is -0.291. The van der Waals surface area contributed by atoms with Crippen LogP contribution in [0.15, 0.2) is 17.1 Å². The first-order chi connectivity index (χ1) is 11.5. The molecule has 2 aromatic rings. The van der Waals surface area contributed by atoms with E-state index in [4.69, 9.17) is 0 Å². The van der Waals surface area contributed by atoms with Crippen molar-refractivity contribution in [1.29, 1.82) is 0 Å². The van der Waals surface area contributed by atoms with Gasteiger partial charge in [-0.3, -0.25) is 9.69 Å². The predicted octanol–water partition coefficient (Wildman–Crippen LogP) is 2.16. The van der Waals surface area contributed by atoms with Crippen LogP contribution in [0, 0.1) is 5.82 Å². The van der Waals surface area contributed by atoms with Crippen molar-refractivity contribution >= 4 is 17.0 Å². The van der Waals surface area contributed by atoms with E-state index in [1.165, 1.54) is 6.20 Å². The summed E-state index contributed by atoms with van der Waals surface area (Å²) in [6, 6.07) is 1.30. The average Bonchev–Trinajstić information content (AvgIpc) is 3.26. The zero-order chi connectivity index (χ0) is 16.8. The summed E-state index contributed by atoms with van der Waals surface area (Å²) in [5, 5.41) is 9.28. The van der Waals surface area contributed by atoms with E-state index in [0.29, 0.717) is 17.9 Å². The summed E-state index contributed by atoms with van der Waals surface area (Å²) in [5.74, 6) is -1.84. The van der Waals surface area contributed by atoms with Crippen molar-refractivity contribution < 1.29 is 14.3 Å². The Labute approximate surface area is 137 Å². The third kappa shape index (κ3) is 2.58. The average molecular weight is 331 g/mol. The minimum absolute atomic E-state index is 0.0458. The SMILES string of the molecule is O=C(O)c1cn(C2CC2)c2nc(CN3CCCC3)c(F)cc2c1=O. The highest BCUT2D eigenvalue weighted by Crippen LogP contribution is 2.36. The first kappa shape index (κ1) is 15.3. The summed E-state index contributed by atoms with van der Waals surface area (Å²) in [4.78, 5) is 30.2. The fourth-order valence-corrected chi connectivity index (χ4v) is 3.33. The summed E-state index contributed by atoms with van der Waals surface area (Å²) < 4.78 is 16.2. The van der Waals surface area contributed by atoms with Gasteiger partial charge in [0.1, 0.15) is 17.0 Å². The molecule has 7 heteroatoms. The molecule has 4 rings (SSSR count). The Morgan fingerprint density at radius 1 is 1.33 bits per heavy atom. The number of carboxylic acids is 1. The standard InChI is InChI=1S/C17H18FN3O3/c18-13-7-11-15(22)12(17(23)24)8-21(10-3-4-10)16(11)19-14(13)9-20-5-1-2-6-20/h7-8,10H,1-6,9H2,(H,23,24). The zero-order valence-electron chi connectivity index (χ0n) is 13.2. The van der Waals surface area contributed by atoms with Gasteiger partial charge in [-0.2, -0.15) is 0 Å². The van der Waals surface area contributed by atoms with Crippen LogP contribution in [0.2, 0.25) is 0 Å². The van der Waals surface area contributed by atoms with E-state index in [1.54, 1.807) is 4.57 Å². The Bertz CT molecular complexity index is 883. The van der Waals surface area contributed by atoms with Gasteiger partial charge in [0.05, 0.1) is 11.1 Å². The number of nitrogens with zero attached hydrogens (tertiary/aromatic N) is 3. The molecule has 1 aliphatic heterocycles. The quantitative estimate of drug-likeness (QED) is 0.929. The van der Waals surface area contributed by atoms with Crippen LogP contribution < -0.4 is 5.43 Å². The van der Waals surface area contributed by atoms with Crippen LogP contribution in [0.1, 0.15) is 47.8 Å². The predicted molar refractivity (Wildman–Crippen MR) is 85.7 cm³/mol. The van der Waals surface area contributed by atoms with E-state index in [-0.39, 0.29) is 17.0 Å². The largest absolute Gasteiger partial charge is 0.477 e. The van der Waals surface area contributed by atoms with Gasteiger partial charge in [-0.15, -0.1) is 0 Å². The van der Waals surface area contributed by atoms with Crippen molar-refractivity contribution in [2.75, 3.05) is 13.1 Å². The summed E-state index contributed by atoms with van der Waals surface area (Å²) in [7, 11) is 0. The smallest absolute Gasteiger partial charge is 0.341 e. The Balaban J connectivity index is 1.88. The van der Waals surface area contributed by atoms with Crippen molar-refractivity contribution in [1.82, 2.24) is 14.5 Å². The highest BCUT2D eigenvalue weighted by atomic mass is 19.1. The Morgan fingerprint density at radius 3 is 2.67 bits per heavy atom. The highest BCUT2D eigenvalue weighted by Gasteiger charge is 2.28. The summed E-state index contributed by atoms with van der Waals surface area (Å²) in [6.07, 6.45) is 5.39. The number of pyridine rings is 2. The van der Waals surface area contributed by atoms with Crippen LogP contribution in [0.3, 0.4) is 0 Å². The van der Waals surface area contributed by atoms with Gasteiger partial charge in [-0.1, -0.05) is 0 Å². The Morgan fingerprint density at radius 2 is 2.04 bits per heavy atom. The summed E-state index contributed by atoms with van der Waals surface area (Å²) in [6.45, 7) is 2.26. The molecule has 2 fully saturated rings. The van der Waals surface area contributed by atoms with Crippen LogP contribution in [0.5, 0.6) is 0 Å². The van der Waals surface area contributed by atoms with E-state index in [0.717, 1.165) is 44.8 Å². The maximum atomic E-state index is 14.4. The summed E-state index contributed by atoms with van der Waals surface area (Å²) >= 11 is 0. The molecule has 0 spiro atoms. The third-order valence-corrected chi connectivity index (χ3v) is 4.77. The van der Waals surface area contributed by atoms with E-state index in [9.17, 15) is 19.1 Å². The second-order valence-electron chi connectivity index (χ2n) is 6.59. The van der Waals surface area contributed by atoms with Crippen LogP contribution >= 0.6 is 0 Å². The lowest BCUT2D eigenvalue weighted by Gasteiger charge is -2.16. The minimum atomic E-state index is -1.29. The van der Waals surface area contributed by atoms with E-state index < -0.39 is 17.2 Å². The number of hydrogen-bond acceptors (Lipinski definition) is 4. The molecule has 1 saturated heterocycles. The molecule has 24 heavy (non-hydrogen) atoms. The van der Waals surface area contributed by atoms with Crippen LogP contribution in [-0.4, -0.2) is 38.6 Å². The molecule has 3 heterocycles. The molecule has 0 radical (unpaired) electrons. The molecule has 126 valence electrons. The van der Waals surface area contributed by atoms with Gasteiger partial charge in [0.2, 0.25) is 5.43 Å². The van der Waals surface area contributed by atoms with Gasteiger partial charge in [0.25, 0.3) is 0 Å². The molecular formula is C17H18FN3O3. The number of aromatic nitrogens is 2. The number of carbonyl (C=O) groups is 1. The highest BCUT2D eigenvalue weighted by molar-refractivity contribution is 5.91. The fraction of sp³-hybridized carbons (Fsp3) is 0.471. The molecule has 0 bridgehead atoms. The van der Waals surface area contributed by atoms with Crippen molar-refractivity contribution in [3.63, 3.8) is 0 Å². The second kappa shape index (κ2) is 5.66. The van der Waals surface area contributed by atoms with E-state index in [2.05, 4.69) is 9.88 Å². The van der Waals surface area contributed by atoms with Gasteiger partial charge < -0.3 is 9.67 Å². The number of rotatable bonds is 4. The number of carboxylic acid groups (broad SMARTS) is 1. The Hall–Kier alpha value is -2.28. The van der Waals surface area contributed by atoms with E-state index in [1.807, 2.05) is 0 Å². The lowest BCUT2D eigenvalue weighted by atomic mass is 10.1. The first-order valence-electron chi connectivity index (χ1n) is 8.24.